The lowest BCUT2D eigenvalue weighted by atomic mass is 10.0. The monoisotopic (exact) mass is 290 g/mol. The fourth-order valence-corrected chi connectivity index (χ4v) is 3.28. The summed E-state index contributed by atoms with van der Waals surface area (Å²) in [5, 5.41) is 0. The highest BCUT2D eigenvalue weighted by molar-refractivity contribution is 5.43. The van der Waals surface area contributed by atoms with Crippen LogP contribution in [0.5, 0.6) is 0 Å². The average molecular weight is 290 g/mol. The summed E-state index contributed by atoms with van der Waals surface area (Å²) in [4.78, 5) is 14.1. The van der Waals surface area contributed by atoms with E-state index >= 15 is 0 Å². The van der Waals surface area contributed by atoms with Crippen LogP contribution >= 0.6 is 0 Å². The fraction of sp³-hybridized carbons (Fsp3) is 0.750. The van der Waals surface area contributed by atoms with E-state index in [-0.39, 0.29) is 0 Å². The highest BCUT2D eigenvalue weighted by Gasteiger charge is 2.23. The Kier molecular flexibility index (Phi) is 4.70. The molecule has 0 unspecified atom stereocenters. The molecule has 1 atom stereocenters. The molecule has 5 nitrogen and oxygen atoms in total. The van der Waals surface area contributed by atoms with Gasteiger partial charge in [-0.2, -0.15) is 0 Å². The van der Waals surface area contributed by atoms with Gasteiger partial charge in [-0.05, 0) is 32.6 Å². The standard InChI is InChI=1S/C16H26N4O/c1-13-10-17-14(2)16(18-13)20-7-5-19(6-8-20)11-15-4-3-9-21-12-15/h10,15H,3-9,11-12H2,1-2H3/t15-/m0/s1. The normalized spacial score (nSPS) is 24.3. The molecule has 2 aliphatic rings. The third-order valence-electron chi connectivity index (χ3n) is 4.49. The van der Waals surface area contributed by atoms with E-state index in [0.29, 0.717) is 0 Å². The molecule has 2 saturated heterocycles. The van der Waals surface area contributed by atoms with Gasteiger partial charge in [0.25, 0.3) is 0 Å². The molecule has 5 heteroatoms. The third kappa shape index (κ3) is 3.71. The largest absolute Gasteiger partial charge is 0.381 e. The second-order valence-electron chi connectivity index (χ2n) is 6.29. The first-order chi connectivity index (χ1) is 10.2. The summed E-state index contributed by atoms with van der Waals surface area (Å²) in [5.74, 6) is 1.79. The molecule has 3 rings (SSSR count). The SMILES string of the molecule is Cc1cnc(C)c(N2CCN(C[C@@H]3CCCOC3)CC2)n1. The molecule has 0 aliphatic carbocycles. The summed E-state index contributed by atoms with van der Waals surface area (Å²) in [6.07, 6.45) is 4.39. The zero-order chi connectivity index (χ0) is 14.7. The minimum atomic E-state index is 0.728. The number of rotatable bonds is 3. The first-order valence-corrected chi connectivity index (χ1v) is 8.07. The molecule has 0 N–H and O–H groups in total. The van der Waals surface area contributed by atoms with E-state index < -0.39 is 0 Å². The van der Waals surface area contributed by atoms with E-state index in [1.807, 2.05) is 20.0 Å². The summed E-state index contributed by atoms with van der Waals surface area (Å²) < 4.78 is 5.59. The van der Waals surface area contributed by atoms with Gasteiger partial charge in [0, 0.05) is 45.5 Å². The van der Waals surface area contributed by atoms with Crippen LogP contribution in [-0.4, -0.2) is 60.8 Å². The van der Waals surface area contributed by atoms with Crippen molar-refractivity contribution in [3.8, 4) is 0 Å². The molecule has 3 heterocycles. The molecule has 0 amide bonds. The van der Waals surface area contributed by atoms with E-state index in [9.17, 15) is 0 Å². The number of ether oxygens (including phenoxy) is 1. The van der Waals surface area contributed by atoms with Gasteiger partial charge in [0.2, 0.25) is 0 Å². The van der Waals surface area contributed by atoms with Crippen LogP contribution < -0.4 is 4.90 Å². The van der Waals surface area contributed by atoms with Crippen molar-refractivity contribution in [3.63, 3.8) is 0 Å². The molecular weight excluding hydrogens is 264 g/mol. The van der Waals surface area contributed by atoms with Gasteiger partial charge in [0.1, 0.15) is 5.82 Å². The van der Waals surface area contributed by atoms with Gasteiger partial charge < -0.3 is 9.64 Å². The number of hydrogen-bond donors (Lipinski definition) is 0. The van der Waals surface area contributed by atoms with Crippen molar-refractivity contribution < 1.29 is 4.74 Å². The number of hydrogen-bond acceptors (Lipinski definition) is 5. The smallest absolute Gasteiger partial charge is 0.150 e. The van der Waals surface area contributed by atoms with Gasteiger partial charge in [-0.1, -0.05) is 0 Å². The Bertz CT molecular complexity index is 465. The molecule has 0 spiro atoms. The van der Waals surface area contributed by atoms with E-state index in [1.54, 1.807) is 0 Å². The van der Waals surface area contributed by atoms with E-state index in [2.05, 4.69) is 19.8 Å². The highest BCUT2D eigenvalue weighted by Crippen LogP contribution is 2.19. The van der Waals surface area contributed by atoms with Crippen molar-refractivity contribution in [3.05, 3.63) is 17.6 Å². The summed E-state index contributed by atoms with van der Waals surface area (Å²) in [6, 6.07) is 0. The average Bonchev–Trinajstić information content (AvgIpc) is 2.52. The molecule has 1 aromatic rings. The molecule has 21 heavy (non-hydrogen) atoms. The molecule has 0 bridgehead atoms. The molecule has 0 saturated carbocycles. The third-order valence-corrected chi connectivity index (χ3v) is 4.49. The first kappa shape index (κ1) is 14.7. The number of piperazine rings is 1. The van der Waals surface area contributed by atoms with Gasteiger partial charge >= 0.3 is 0 Å². The maximum atomic E-state index is 5.59. The van der Waals surface area contributed by atoms with Crippen molar-refractivity contribution in [2.45, 2.75) is 26.7 Å². The predicted molar refractivity (Wildman–Crippen MR) is 83.7 cm³/mol. The Hall–Kier alpha value is -1.20. The quantitative estimate of drug-likeness (QED) is 0.846. The molecule has 0 aromatic carbocycles. The highest BCUT2D eigenvalue weighted by atomic mass is 16.5. The summed E-state index contributed by atoms with van der Waals surface area (Å²) in [5.41, 5.74) is 2.03. The summed E-state index contributed by atoms with van der Waals surface area (Å²) >= 11 is 0. The van der Waals surface area contributed by atoms with Crippen LogP contribution in [0.2, 0.25) is 0 Å². The number of aryl methyl sites for hydroxylation is 2. The maximum Gasteiger partial charge on any atom is 0.150 e. The van der Waals surface area contributed by atoms with Gasteiger partial charge in [-0.25, -0.2) is 4.98 Å². The van der Waals surface area contributed by atoms with Gasteiger partial charge in [-0.3, -0.25) is 9.88 Å². The zero-order valence-corrected chi connectivity index (χ0v) is 13.2. The van der Waals surface area contributed by atoms with Crippen molar-refractivity contribution in [1.82, 2.24) is 14.9 Å². The molecular formula is C16H26N4O. The van der Waals surface area contributed by atoms with Crippen molar-refractivity contribution in [2.75, 3.05) is 50.8 Å². The summed E-state index contributed by atoms with van der Waals surface area (Å²) in [6.45, 7) is 11.5. The molecule has 0 radical (unpaired) electrons. The Balaban J connectivity index is 1.53. The Morgan fingerprint density at radius 2 is 2.05 bits per heavy atom. The summed E-state index contributed by atoms with van der Waals surface area (Å²) in [7, 11) is 0. The van der Waals surface area contributed by atoms with E-state index in [1.165, 1.54) is 19.4 Å². The van der Waals surface area contributed by atoms with Crippen molar-refractivity contribution >= 4 is 5.82 Å². The Morgan fingerprint density at radius 3 is 2.76 bits per heavy atom. The van der Waals surface area contributed by atoms with E-state index in [0.717, 1.165) is 62.5 Å². The Morgan fingerprint density at radius 1 is 1.24 bits per heavy atom. The molecule has 2 aliphatic heterocycles. The lowest BCUT2D eigenvalue weighted by Crippen LogP contribution is -2.49. The number of aromatic nitrogens is 2. The maximum absolute atomic E-state index is 5.59. The van der Waals surface area contributed by atoms with Crippen LogP contribution in [-0.2, 0) is 4.74 Å². The molecule has 1 aromatic heterocycles. The van der Waals surface area contributed by atoms with Gasteiger partial charge in [-0.15, -0.1) is 0 Å². The minimum absolute atomic E-state index is 0.728. The minimum Gasteiger partial charge on any atom is -0.381 e. The molecule has 2 fully saturated rings. The van der Waals surface area contributed by atoms with Crippen LogP contribution in [0.25, 0.3) is 0 Å². The Labute approximate surface area is 127 Å². The second kappa shape index (κ2) is 6.71. The fourth-order valence-electron chi connectivity index (χ4n) is 3.28. The molecule has 116 valence electrons. The van der Waals surface area contributed by atoms with Crippen LogP contribution in [0.1, 0.15) is 24.2 Å². The van der Waals surface area contributed by atoms with Crippen molar-refractivity contribution in [1.29, 1.82) is 0 Å². The lowest BCUT2D eigenvalue weighted by molar-refractivity contribution is 0.0376. The number of nitrogens with zero attached hydrogens (tertiary/aromatic N) is 4. The first-order valence-electron chi connectivity index (χ1n) is 8.07. The zero-order valence-electron chi connectivity index (χ0n) is 13.2. The number of anilines is 1. The van der Waals surface area contributed by atoms with Gasteiger partial charge in [0.05, 0.1) is 18.0 Å². The predicted octanol–water partition coefficient (Wildman–Crippen LogP) is 1.64. The topological polar surface area (TPSA) is 41.5 Å². The van der Waals surface area contributed by atoms with Crippen LogP contribution in [0, 0.1) is 19.8 Å². The second-order valence-corrected chi connectivity index (χ2v) is 6.29. The van der Waals surface area contributed by atoms with Gasteiger partial charge in [0.15, 0.2) is 0 Å². The van der Waals surface area contributed by atoms with E-state index in [4.69, 9.17) is 4.74 Å². The van der Waals surface area contributed by atoms with Crippen LogP contribution in [0.15, 0.2) is 6.20 Å². The van der Waals surface area contributed by atoms with Crippen molar-refractivity contribution in [2.24, 2.45) is 5.92 Å². The van der Waals surface area contributed by atoms with Crippen LogP contribution in [0.4, 0.5) is 5.82 Å². The lowest BCUT2D eigenvalue weighted by Gasteiger charge is -2.38. The van der Waals surface area contributed by atoms with Crippen LogP contribution in [0.3, 0.4) is 0 Å².